The summed E-state index contributed by atoms with van der Waals surface area (Å²) < 4.78 is 7.34. The van der Waals surface area contributed by atoms with Crippen molar-refractivity contribution in [3.63, 3.8) is 0 Å². The van der Waals surface area contributed by atoms with Gasteiger partial charge in [-0.1, -0.05) is 13.8 Å². The fourth-order valence-electron chi connectivity index (χ4n) is 2.57. The number of hydrogen-bond acceptors (Lipinski definition) is 4. The minimum atomic E-state index is 0.358. The van der Waals surface area contributed by atoms with Crippen molar-refractivity contribution >= 4 is 21.6 Å². The van der Waals surface area contributed by atoms with Gasteiger partial charge in [-0.2, -0.15) is 0 Å². The van der Waals surface area contributed by atoms with E-state index in [1.54, 1.807) is 11.3 Å². The van der Waals surface area contributed by atoms with E-state index in [1.165, 1.54) is 9.71 Å². The first-order valence-corrected chi connectivity index (χ1v) is 8.29. The molecule has 20 heavy (non-hydrogen) atoms. The lowest BCUT2D eigenvalue weighted by Gasteiger charge is -2.23. The third-order valence-corrected chi connectivity index (χ3v) is 4.62. The van der Waals surface area contributed by atoms with Crippen molar-refractivity contribution in [3.05, 3.63) is 23.2 Å². The molecule has 3 nitrogen and oxygen atoms in total. The number of hydrogen-bond donors (Lipinski definition) is 1. The van der Waals surface area contributed by atoms with Crippen LogP contribution < -0.4 is 10.1 Å². The number of aromatic nitrogens is 1. The fraction of sp³-hybridized carbons (Fsp3) is 0.562. The first-order valence-electron chi connectivity index (χ1n) is 7.47. The molecule has 0 unspecified atom stereocenters. The van der Waals surface area contributed by atoms with Gasteiger partial charge in [-0.15, -0.1) is 11.3 Å². The van der Waals surface area contributed by atoms with Gasteiger partial charge in [0.2, 0.25) is 0 Å². The summed E-state index contributed by atoms with van der Waals surface area (Å²) >= 11 is 1.80. The molecule has 1 fully saturated rings. The van der Waals surface area contributed by atoms with Crippen LogP contribution in [0.3, 0.4) is 0 Å². The summed E-state index contributed by atoms with van der Waals surface area (Å²) in [5.41, 5.74) is 1.10. The molecular formula is C16H22N2OS. The molecule has 0 saturated carbocycles. The van der Waals surface area contributed by atoms with E-state index in [1.807, 2.05) is 0 Å². The van der Waals surface area contributed by atoms with Crippen LogP contribution in [0.1, 0.15) is 31.7 Å². The van der Waals surface area contributed by atoms with Crippen LogP contribution in [0.4, 0.5) is 0 Å². The Kier molecular flexibility index (Phi) is 4.22. The van der Waals surface area contributed by atoms with E-state index in [2.05, 4.69) is 37.4 Å². The zero-order chi connectivity index (χ0) is 13.9. The molecular weight excluding hydrogens is 268 g/mol. The molecule has 4 heteroatoms. The zero-order valence-electron chi connectivity index (χ0n) is 12.2. The van der Waals surface area contributed by atoms with Crippen LogP contribution in [0, 0.1) is 5.92 Å². The van der Waals surface area contributed by atoms with Crippen LogP contribution in [0.5, 0.6) is 5.75 Å². The quantitative estimate of drug-likeness (QED) is 0.933. The first-order chi connectivity index (χ1) is 9.70. The van der Waals surface area contributed by atoms with Crippen molar-refractivity contribution in [3.8, 4) is 5.75 Å². The fourth-order valence-corrected chi connectivity index (χ4v) is 3.78. The van der Waals surface area contributed by atoms with Gasteiger partial charge in [-0.05, 0) is 50.0 Å². The van der Waals surface area contributed by atoms with Gasteiger partial charge in [0, 0.05) is 6.42 Å². The molecule has 1 saturated heterocycles. The van der Waals surface area contributed by atoms with Crippen molar-refractivity contribution in [1.82, 2.24) is 10.3 Å². The van der Waals surface area contributed by atoms with Crippen molar-refractivity contribution in [1.29, 1.82) is 0 Å². The SMILES string of the molecule is CC(C)Cc1nc2ccc(OC3CCNCC3)cc2s1. The second-order valence-electron chi connectivity index (χ2n) is 5.90. The van der Waals surface area contributed by atoms with Gasteiger partial charge in [0.1, 0.15) is 11.9 Å². The molecule has 1 aliphatic heterocycles. The normalized spacial score (nSPS) is 16.9. The molecule has 3 rings (SSSR count). The van der Waals surface area contributed by atoms with Gasteiger partial charge in [-0.25, -0.2) is 4.98 Å². The standard InChI is InChI=1S/C16H22N2OS/c1-11(2)9-16-18-14-4-3-13(10-15(14)20-16)19-12-5-7-17-8-6-12/h3-4,10-12,17H,5-9H2,1-2H3. The average Bonchev–Trinajstić information content (AvgIpc) is 2.80. The summed E-state index contributed by atoms with van der Waals surface area (Å²) in [4.78, 5) is 4.69. The summed E-state index contributed by atoms with van der Waals surface area (Å²) in [5, 5.41) is 4.59. The van der Waals surface area contributed by atoms with E-state index in [-0.39, 0.29) is 0 Å². The van der Waals surface area contributed by atoms with Crippen LogP contribution in [-0.4, -0.2) is 24.2 Å². The van der Waals surface area contributed by atoms with E-state index < -0.39 is 0 Å². The maximum Gasteiger partial charge on any atom is 0.121 e. The Morgan fingerprint density at radius 2 is 2.15 bits per heavy atom. The lowest BCUT2D eigenvalue weighted by atomic mass is 10.1. The topological polar surface area (TPSA) is 34.1 Å². The molecule has 0 aliphatic carbocycles. The van der Waals surface area contributed by atoms with E-state index in [9.17, 15) is 0 Å². The molecule has 0 bridgehead atoms. The molecule has 0 radical (unpaired) electrons. The highest BCUT2D eigenvalue weighted by molar-refractivity contribution is 7.18. The lowest BCUT2D eigenvalue weighted by Crippen LogP contribution is -2.34. The molecule has 1 aromatic carbocycles. The second kappa shape index (κ2) is 6.10. The number of piperidine rings is 1. The Morgan fingerprint density at radius 1 is 1.35 bits per heavy atom. The minimum Gasteiger partial charge on any atom is -0.490 e. The van der Waals surface area contributed by atoms with E-state index in [0.29, 0.717) is 12.0 Å². The molecule has 108 valence electrons. The monoisotopic (exact) mass is 290 g/mol. The number of rotatable bonds is 4. The Balaban J connectivity index is 1.75. The highest BCUT2D eigenvalue weighted by Gasteiger charge is 2.15. The predicted octanol–water partition coefficient (Wildman–Crippen LogP) is 3.63. The predicted molar refractivity (Wildman–Crippen MR) is 84.7 cm³/mol. The van der Waals surface area contributed by atoms with E-state index in [4.69, 9.17) is 9.72 Å². The van der Waals surface area contributed by atoms with Gasteiger partial charge >= 0.3 is 0 Å². The Labute approximate surface area is 124 Å². The second-order valence-corrected chi connectivity index (χ2v) is 7.02. The zero-order valence-corrected chi connectivity index (χ0v) is 13.0. The van der Waals surface area contributed by atoms with Gasteiger partial charge < -0.3 is 10.1 Å². The van der Waals surface area contributed by atoms with Crippen LogP contribution >= 0.6 is 11.3 Å². The Hall–Kier alpha value is -1.13. The van der Waals surface area contributed by atoms with Crippen LogP contribution in [0.15, 0.2) is 18.2 Å². The van der Waals surface area contributed by atoms with Crippen molar-refractivity contribution in [2.75, 3.05) is 13.1 Å². The first kappa shape index (κ1) is 13.8. The molecule has 1 aromatic heterocycles. The van der Waals surface area contributed by atoms with Crippen LogP contribution in [-0.2, 0) is 6.42 Å². The maximum absolute atomic E-state index is 6.09. The van der Waals surface area contributed by atoms with Gasteiger partial charge in [0.05, 0.1) is 15.2 Å². The van der Waals surface area contributed by atoms with E-state index >= 15 is 0 Å². The van der Waals surface area contributed by atoms with Crippen molar-refractivity contribution < 1.29 is 4.74 Å². The Bertz CT molecular complexity index is 573. The summed E-state index contributed by atoms with van der Waals surface area (Å²) in [5.74, 6) is 1.64. The molecule has 1 N–H and O–H groups in total. The Morgan fingerprint density at radius 3 is 2.90 bits per heavy atom. The highest BCUT2D eigenvalue weighted by atomic mass is 32.1. The largest absolute Gasteiger partial charge is 0.490 e. The highest BCUT2D eigenvalue weighted by Crippen LogP contribution is 2.28. The summed E-state index contributed by atoms with van der Waals surface area (Å²) in [6.07, 6.45) is 3.61. The smallest absolute Gasteiger partial charge is 0.121 e. The molecule has 1 aliphatic rings. The number of fused-ring (bicyclic) bond motifs is 1. The molecule has 2 heterocycles. The summed E-state index contributed by atoms with van der Waals surface area (Å²) in [6.45, 7) is 6.59. The van der Waals surface area contributed by atoms with Crippen LogP contribution in [0.2, 0.25) is 0 Å². The number of thiazole rings is 1. The van der Waals surface area contributed by atoms with Gasteiger partial charge in [-0.3, -0.25) is 0 Å². The molecule has 0 atom stereocenters. The third kappa shape index (κ3) is 3.30. The number of ether oxygens (including phenoxy) is 1. The lowest BCUT2D eigenvalue weighted by molar-refractivity contribution is 0.162. The maximum atomic E-state index is 6.09. The summed E-state index contributed by atoms with van der Waals surface area (Å²) in [6, 6.07) is 6.30. The third-order valence-electron chi connectivity index (χ3n) is 3.58. The van der Waals surface area contributed by atoms with Crippen LogP contribution in [0.25, 0.3) is 10.2 Å². The molecule has 0 amide bonds. The number of nitrogens with zero attached hydrogens (tertiary/aromatic N) is 1. The number of benzene rings is 1. The minimum absolute atomic E-state index is 0.358. The van der Waals surface area contributed by atoms with Crippen molar-refractivity contribution in [2.24, 2.45) is 5.92 Å². The molecule has 0 spiro atoms. The van der Waals surface area contributed by atoms with Gasteiger partial charge in [0.15, 0.2) is 0 Å². The van der Waals surface area contributed by atoms with Crippen molar-refractivity contribution in [2.45, 2.75) is 39.2 Å². The average molecular weight is 290 g/mol. The van der Waals surface area contributed by atoms with E-state index in [0.717, 1.165) is 43.6 Å². The molecule has 2 aromatic rings. The summed E-state index contributed by atoms with van der Waals surface area (Å²) in [7, 11) is 0. The van der Waals surface area contributed by atoms with Gasteiger partial charge in [0.25, 0.3) is 0 Å². The number of nitrogens with one attached hydrogen (secondary N) is 1.